The van der Waals surface area contributed by atoms with Gasteiger partial charge in [0.15, 0.2) is 0 Å². The van der Waals surface area contributed by atoms with E-state index in [2.05, 4.69) is 17.6 Å². The Labute approximate surface area is 211 Å². The van der Waals surface area contributed by atoms with Gasteiger partial charge in [-0.3, -0.25) is 9.59 Å². The molecule has 3 aromatic rings. The number of rotatable bonds is 7. The van der Waals surface area contributed by atoms with Crippen LogP contribution in [0.1, 0.15) is 50.7 Å². The van der Waals surface area contributed by atoms with E-state index >= 15 is 0 Å². The Morgan fingerprint density at radius 1 is 1.18 bits per heavy atom. The van der Waals surface area contributed by atoms with Crippen molar-refractivity contribution in [2.24, 2.45) is 5.92 Å². The lowest BCUT2D eigenvalue weighted by atomic mass is 9.88. The van der Waals surface area contributed by atoms with Gasteiger partial charge in [-0.15, -0.1) is 34.4 Å². The minimum Gasteiger partial charge on any atom is -0.465 e. The van der Waals surface area contributed by atoms with Crippen LogP contribution in [-0.2, 0) is 22.4 Å². The first-order chi connectivity index (χ1) is 16.4. The van der Waals surface area contributed by atoms with Crippen LogP contribution in [0, 0.1) is 5.92 Å². The monoisotopic (exact) mass is 514 g/mol. The Morgan fingerprint density at radius 3 is 2.74 bits per heavy atom. The largest absolute Gasteiger partial charge is 0.465 e. The molecule has 0 radical (unpaired) electrons. The molecule has 1 aliphatic rings. The topological polar surface area (TPSA) is 84.5 Å². The van der Waals surface area contributed by atoms with Crippen molar-refractivity contribution in [3.63, 3.8) is 0 Å². The molecular formula is C25H26N2O4S3. The van der Waals surface area contributed by atoms with Crippen molar-refractivity contribution in [2.75, 3.05) is 17.7 Å². The van der Waals surface area contributed by atoms with Crippen LogP contribution in [0.15, 0.2) is 46.7 Å². The third kappa shape index (κ3) is 5.54. The maximum absolute atomic E-state index is 13.0. The van der Waals surface area contributed by atoms with Gasteiger partial charge in [0.25, 0.3) is 5.91 Å². The highest BCUT2D eigenvalue weighted by molar-refractivity contribution is 8.00. The lowest BCUT2D eigenvalue weighted by molar-refractivity contribution is -0.115. The number of thiophene rings is 2. The molecule has 34 heavy (non-hydrogen) atoms. The second kappa shape index (κ2) is 10.8. The van der Waals surface area contributed by atoms with E-state index < -0.39 is 11.2 Å². The standard InChI is InChI=1S/C25H26N2O4S3/c1-14-9-10-18-20(12-14)34-24(21(18)25(30)31-3)27-22(28)15(2)33-17-7-4-6-16(13-17)26-23(29)19-8-5-11-32-19/h4-8,11,13-15H,9-10,12H2,1-3H3,(H,26,29)(H,27,28). The summed E-state index contributed by atoms with van der Waals surface area (Å²) in [5, 5.41) is 7.88. The molecule has 2 heterocycles. The van der Waals surface area contributed by atoms with Gasteiger partial charge in [0.1, 0.15) is 5.00 Å². The van der Waals surface area contributed by atoms with E-state index in [0.717, 1.165) is 34.6 Å². The van der Waals surface area contributed by atoms with E-state index in [0.29, 0.717) is 27.0 Å². The third-order valence-corrected chi connectivity index (χ3v) is 8.79. The smallest absolute Gasteiger partial charge is 0.341 e. The molecule has 2 unspecified atom stereocenters. The normalized spacial score (nSPS) is 15.8. The zero-order valence-electron chi connectivity index (χ0n) is 19.2. The van der Waals surface area contributed by atoms with Crippen molar-refractivity contribution >= 4 is 62.9 Å². The second-order valence-electron chi connectivity index (χ2n) is 8.26. The van der Waals surface area contributed by atoms with Gasteiger partial charge in [-0.1, -0.05) is 19.1 Å². The van der Waals surface area contributed by atoms with E-state index in [1.165, 1.54) is 41.5 Å². The summed E-state index contributed by atoms with van der Waals surface area (Å²) in [6.07, 6.45) is 2.75. The van der Waals surface area contributed by atoms with Crippen LogP contribution in [0.25, 0.3) is 0 Å². The summed E-state index contributed by atoms with van der Waals surface area (Å²) in [6.45, 7) is 4.03. The van der Waals surface area contributed by atoms with Gasteiger partial charge in [0.05, 0.1) is 22.8 Å². The number of amides is 2. The summed E-state index contributed by atoms with van der Waals surface area (Å²) in [5.41, 5.74) is 2.18. The SMILES string of the molecule is COC(=O)c1c(NC(=O)C(C)Sc2cccc(NC(=O)c3cccs3)c2)sc2c1CCC(C)C2. The predicted octanol–water partition coefficient (Wildman–Crippen LogP) is 6.09. The number of thioether (sulfide) groups is 1. The van der Waals surface area contributed by atoms with Gasteiger partial charge in [0.2, 0.25) is 5.91 Å². The number of benzene rings is 1. The molecular weight excluding hydrogens is 488 g/mol. The molecule has 0 saturated heterocycles. The number of methoxy groups -OCH3 is 1. The summed E-state index contributed by atoms with van der Waals surface area (Å²) >= 11 is 4.26. The highest BCUT2D eigenvalue weighted by atomic mass is 32.2. The minimum absolute atomic E-state index is 0.158. The third-order valence-electron chi connectivity index (χ3n) is 5.66. The van der Waals surface area contributed by atoms with Crippen LogP contribution in [0.2, 0.25) is 0 Å². The van der Waals surface area contributed by atoms with Gasteiger partial charge in [-0.2, -0.15) is 0 Å². The van der Waals surface area contributed by atoms with E-state index in [1.807, 2.05) is 42.6 Å². The summed E-state index contributed by atoms with van der Waals surface area (Å²) in [5.74, 6) is -0.191. The summed E-state index contributed by atoms with van der Waals surface area (Å²) < 4.78 is 5.01. The van der Waals surface area contributed by atoms with E-state index in [-0.39, 0.29) is 11.8 Å². The fourth-order valence-electron chi connectivity index (χ4n) is 3.88. The fraction of sp³-hybridized carbons (Fsp3) is 0.320. The highest BCUT2D eigenvalue weighted by Crippen LogP contribution is 2.40. The zero-order chi connectivity index (χ0) is 24.2. The molecule has 0 spiro atoms. The van der Waals surface area contributed by atoms with Gasteiger partial charge >= 0.3 is 5.97 Å². The number of carbonyl (C=O) groups is 3. The van der Waals surface area contributed by atoms with Crippen LogP contribution >= 0.6 is 34.4 Å². The molecule has 178 valence electrons. The quantitative estimate of drug-likeness (QED) is 0.294. The van der Waals surface area contributed by atoms with Crippen molar-refractivity contribution in [3.8, 4) is 0 Å². The Kier molecular flexibility index (Phi) is 7.75. The first-order valence-electron chi connectivity index (χ1n) is 11.0. The molecule has 4 rings (SSSR count). The van der Waals surface area contributed by atoms with Crippen LogP contribution < -0.4 is 10.6 Å². The summed E-state index contributed by atoms with van der Waals surface area (Å²) in [7, 11) is 1.37. The van der Waals surface area contributed by atoms with E-state index in [4.69, 9.17) is 4.74 Å². The summed E-state index contributed by atoms with van der Waals surface area (Å²) in [4.78, 5) is 40.5. The van der Waals surface area contributed by atoms with Crippen molar-refractivity contribution < 1.29 is 19.1 Å². The van der Waals surface area contributed by atoms with Crippen LogP contribution in [0.5, 0.6) is 0 Å². The zero-order valence-corrected chi connectivity index (χ0v) is 21.6. The van der Waals surface area contributed by atoms with Gasteiger partial charge in [-0.05, 0) is 67.3 Å². The van der Waals surface area contributed by atoms with Crippen LogP contribution in [0.3, 0.4) is 0 Å². The molecule has 2 aromatic heterocycles. The molecule has 2 N–H and O–H groups in total. The molecule has 9 heteroatoms. The van der Waals surface area contributed by atoms with Crippen LogP contribution in [0.4, 0.5) is 10.7 Å². The highest BCUT2D eigenvalue weighted by Gasteiger charge is 2.29. The summed E-state index contributed by atoms with van der Waals surface area (Å²) in [6, 6.07) is 11.0. The number of fused-ring (bicyclic) bond motifs is 1. The van der Waals surface area contributed by atoms with Crippen molar-refractivity contribution in [1.29, 1.82) is 0 Å². The number of carbonyl (C=O) groups excluding carboxylic acids is 3. The Balaban J connectivity index is 1.45. The number of esters is 1. The molecule has 0 aliphatic heterocycles. The van der Waals surface area contributed by atoms with Gasteiger partial charge < -0.3 is 15.4 Å². The molecule has 2 atom stereocenters. The number of hydrogen-bond acceptors (Lipinski definition) is 7. The first kappa shape index (κ1) is 24.5. The lowest BCUT2D eigenvalue weighted by Gasteiger charge is -2.18. The molecule has 6 nitrogen and oxygen atoms in total. The van der Waals surface area contributed by atoms with E-state index in [9.17, 15) is 14.4 Å². The van der Waals surface area contributed by atoms with Crippen molar-refractivity contribution in [1.82, 2.24) is 0 Å². The van der Waals surface area contributed by atoms with Crippen molar-refractivity contribution in [3.05, 3.63) is 62.7 Å². The molecule has 1 aliphatic carbocycles. The molecule has 2 amide bonds. The Hall–Kier alpha value is -2.62. The molecule has 0 bridgehead atoms. The second-order valence-corrected chi connectivity index (χ2v) is 11.7. The number of anilines is 2. The van der Waals surface area contributed by atoms with E-state index in [1.54, 1.807) is 6.07 Å². The predicted molar refractivity (Wildman–Crippen MR) is 140 cm³/mol. The average Bonchev–Trinajstić information content (AvgIpc) is 3.46. The lowest BCUT2D eigenvalue weighted by Crippen LogP contribution is -2.23. The maximum Gasteiger partial charge on any atom is 0.341 e. The number of nitrogens with one attached hydrogen (secondary N) is 2. The molecule has 1 aromatic carbocycles. The maximum atomic E-state index is 13.0. The average molecular weight is 515 g/mol. The molecule has 0 fully saturated rings. The number of hydrogen-bond donors (Lipinski definition) is 2. The number of ether oxygens (including phenoxy) is 1. The first-order valence-corrected chi connectivity index (χ1v) is 13.6. The Bertz CT molecular complexity index is 1200. The Morgan fingerprint density at radius 2 is 2.00 bits per heavy atom. The fourth-order valence-corrected chi connectivity index (χ4v) is 6.82. The van der Waals surface area contributed by atoms with Crippen molar-refractivity contribution in [2.45, 2.75) is 43.3 Å². The minimum atomic E-state index is -0.410. The molecule has 0 saturated carbocycles. The van der Waals surface area contributed by atoms with Gasteiger partial charge in [0, 0.05) is 15.5 Å². The van der Waals surface area contributed by atoms with Crippen LogP contribution in [-0.4, -0.2) is 30.1 Å². The van der Waals surface area contributed by atoms with Gasteiger partial charge in [-0.25, -0.2) is 4.79 Å².